The molecule has 0 spiro atoms. The van der Waals surface area contributed by atoms with Crippen LogP contribution in [0.4, 0.5) is 11.4 Å². The smallest absolute Gasteiger partial charge is 0.243 e. The number of benzene rings is 2. The molecule has 2 rings (SSSR count). The third-order valence-corrected chi connectivity index (χ3v) is 5.11. The Morgan fingerprint density at radius 3 is 2.25 bits per heavy atom. The molecule has 3 N–H and O–H groups in total. The standard InChI is InChI=1S/C22H26Cl2N4O4/c1-4-28(13-21(31)27-22-15(23)6-5-7-16(22)24)12-20(30)25-11-19(29)26-17-10-14(2)8-9-18(17)32-3/h5-10H,4,11-13H2,1-3H3,(H,25,30)(H,26,29)(H,27,31). The van der Waals surface area contributed by atoms with Gasteiger partial charge in [-0.1, -0.05) is 42.3 Å². The van der Waals surface area contributed by atoms with Crippen molar-refractivity contribution in [2.45, 2.75) is 13.8 Å². The van der Waals surface area contributed by atoms with Crippen LogP contribution in [0, 0.1) is 6.92 Å². The van der Waals surface area contributed by atoms with E-state index in [0.717, 1.165) is 5.56 Å². The molecule has 2 aromatic carbocycles. The summed E-state index contributed by atoms with van der Waals surface area (Å²) in [5, 5.41) is 8.57. The van der Waals surface area contributed by atoms with Gasteiger partial charge in [0, 0.05) is 0 Å². The number of likely N-dealkylation sites (N-methyl/N-ethyl adjacent to an activating group) is 1. The molecule has 0 heterocycles. The third-order valence-electron chi connectivity index (χ3n) is 4.48. The van der Waals surface area contributed by atoms with Crippen LogP contribution in [0.25, 0.3) is 0 Å². The number of ether oxygens (including phenoxy) is 1. The number of carbonyl (C=O) groups is 3. The fraction of sp³-hybridized carbons (Fsp3) is 0.318. The van der Waals surface area contributed by atoms with Crippen LogP contribution in [0.2, 0.25) is 10.0 Å². The van der Waals surface area contributed by atoms with Crippen molar-refractivity contribution in [2.24, 2.45) is 0 Å². The number of rotatable bonds is 10. The van der Waals surface area contributed by atoms with E-state index >= 15 is 0 Å². The largest absolute Gasteiger partial charge is 0.495 e. The second kappa shape index (κ2) is 12.3. The number of anilines is 2. The van der Waals surface area contributed by atoms with Crippen molar-refractivity contribution in [1.82, 2.24) is 10.2 Å². The highest BCUT2D eigenvalue weighted by Crippen LogP contribution is 2.29. The molecule has 0 saturated carbocycles. The van der Waals surface area contributed by atoms with E-state index in [0.29, 0.717) is 33.7 Å². The molecule has 0 radical (unpaired) electrons. The molecular weight excluding hydrogens is 455 g/mol. The second-order valence-corrected chi connectivity index (χ2v) is 7.79. The van der Waals surface area contributed by atoms with Crippen molar-refractivity contribution in [3.63, 3.8) is 0 Å². The maximum absolute atomic E-state index is 12.3. The zero-order valence-corrected chi connectivity index (χ0v) is 19.6. The van der Waals surface area contributed by atoms with Crippen molar-refractivity contribution in [3.8, 4) is 5.75 Å². The predicted molar refractivity (Wildman–Crippen MR) is 127 cm³/mol. The number of methoxy groups -OCH3 is 1. The SMILES string of the molecule is CCN(CC(=O)NCC(=O)Nc1cc(C)ccc1OC)CC(=O)Nc1c(Cl)cccc1Cl. The zero-order valence-electron chi connectivity index (χ0n) is 18.1. The van der Waals surface area contributed by atoms with Gasteiger partial charge in [-0.25, -0.2) is 0 Å². The summed E-state index contributed by atoms with van der Waals surface area (Å²) in [7, 11) is 1.51. The molecule has 0 fully saturated rings. The van der Waals surface area contributed by atoms with Gasteiger partial charge in [0.25, 0.3) is 0 Å². The monoisotopic (exact) mass is 480 g/mol. The minimum atomic E-state index is -0.392. The molecule has 0 saturated heterocycles. The van der Waals surface area contributed by atoms with Crippen LogP contribution in [-0.2, 0) is 14.4 Å². The lowest BCUT2D eigenvalue weighted by molar-refractivity contribution is -0.125. The molecule has 0 atom stereocenters. The Balaban J connectivity index is 1.83. The molecular formula is C22H26Cl2N4O4. The Morgan fingerprint density at radius 2 is 1.62 bits per heavy atom. The van der Waals surface area contributed by atoms with Gasteiger partial charge in [0.1, 0.15) is 5.75 Å². The van der Waals surface area contributed by atoms with Crippen molar-refractivity contribution >= 4 is 52.3 Å². The fourth-order valence-electron chi connectivity index (χ4n) is 2.83. The molecule has 0 aliphatic heterocycles. The van der Waals surface area contributed by atoms with E-state index in [2.05, 4.69) is 16.0 Å². The molecule has 172 valence electrons. The maximum atomic E-state index is 12.3. The normalized spacial score (nSPS) is 10.6. The summed E-state index contributed by atoms with van der Waals surface area (Å²) < 4.78 is 5.23. The summed E-state index contributed by atoms with van der Waals surface area (Å²) in [5.74, 6) is -0.616. The minimum Gasteiger partial charge on any atom is -0.495 e. The Kier molecular flexibility index (Phi) is 9.77. The number of halogens is 2. The van der Waals surface area contributed by atoms with Crippen molar-refractivity contribution in [2.75, 3.05) is 43.9 Å². The summed E-state index contributed by atoms with van der Waals surface area (Å²) in [5.41, 5.74) is 1.81. The Morgan fingerprint density at radius 1 is 0.969 bits per heavy atom. The predicted octanol–water partition coefficient (Wildman–Crippen LogP) is 3.33. The molecule has 0 aliphatic carbocycles. The highest BCUT2D eigenvalue weighted by Gasteiger charge is 2.16. The summed E-state index contributed by atoms with van der Waals surface area (Å²) in [4.78, 5) is 38.4. The number of hydrogen-bond acceptors (Lipinski definition) is 5. The number of amides is 3. The molecule has 10 heteroatoms. The van der Waals surface area contributed by atoms with E-state index < -0.39 is 5.91 Å². The first-order chi connectivity index (χ1) is 15.2. The number of carbonyl (C=O) groups excluding carboxylic acids is 3. The van der Waals surface area contributed by atoms with E-state index in [1.807, 2.05) is 19.9 Å². The molecule has 3 amide bonds. The zero-order chi connectivity index (χ0) is 23.7. The highest BCUT2D eigenvalue weighted by atomic mass is 35.5. The summed E-state index contributed by atoms with van der Waals surface area (Å²) in [6.45, 7) is 3.85. The maximum Gasteiger partial charge on any atom is 0.243 e. The van der Waals surface area contributed by atoms with Crippen molar-refractivity contribution < 1.29 is 19.1 Å². The van der Waals surface area contributed by atoms with Gasteiger partial charge in [0.05, 0.1) is 48.2 Å². The van der Waals surface area contributed by atoms with Crippen molar-refractivity contribution in [1.29, 1.82) is 0 Å². The first-order valence-corrected chi connectivity index (χ1v) is 10.7. The third kappa shape index (κ3) is 7.71. The van der Waals surface area contributed by atoms with Crippen LogP contribution < -0.4 is 20.7 Å². The van der Waals surface area contributed by atoms with Gasteiger partial charge < -0.3 is 20.7 Å². The highest BCUT2D eigenvalue weighted by molar-refractivity contribution is 6.39. The molecule has 0 unspecified atom stereocenters. The second-order valence-electron chi connectivity index (χ2n) is 6.98. The number of nitrogens with zero attached hydrogens (tertiary/aromatic N) is 1. The number of para-hydroxylation sites is 1. The average Bonchev–Trinajstić information content (AvgIpc) is 2.74. The summed E-state index contributed by atoms with van der Waals surface area (Å²) in [6.07, 6.45) is 0. The van der Waals surface area contributed by atoms with Gasteiger partial charge in [-0.3, -0.25) is 19.3 Å². The molecule has 0 aliphatic rings. The van der Waals surface area contributed by atoms with Gasteiger partial charge in [-0.15, -0.1) is 0 Å². The topological polar surface area (TPSA) is 99.8 Å². The van der Waals surface area contributed by atoms with Crippen LogP contribution in [0.1, 0.15) is 12.5 Å². The van der Waals surface area contributed by atoms with E-state index in [1.54, 1.807) is 35.2 Å². The Bertz CT molecular complexity index is 964. The lowest BCUT2D eigenvalue weighted by Crippen LogP contribution is -2.43. The van der Waals surface area contributed by atoms with Gasteiger partial charge in [-0.05, 0) is 43.3 Å². The van der Waals surface area contributed by atoms with E-state index in [1.165, 1.54) is 7.11 Å². The van der Waals surface area contributed by atoms with Crippen LogP contribution in [0.5, 0.6) is 5.75 Å². The van der Waals surface area contributed by atoms with Crippen LogP contribution in [-0.4, -0.2) is 55.9 Å². The van der Waals surface area contributed by atoms with Crippen LogP contribution in [0.3, 0.4) is 0 Å². The summed E-state index contributed by atoms with van der Waals surface area (Å²) >= 11 is 12.1. The van der Waals surface area contributed by atoms with Crippen molar-refractivity contribution in [3.05, 3.63) is 52.0 Å². The van der Waals surface area contributed by atoms with Gasteiger partial charge in [0.2, 0.25) is 17.7 Å². The number of hydrogen-bond donors (Lipinski definition) is 3. The average molecular weight is 481 g/mol. The quantitative estimate of drug-likeness (QED) is 0.484. The Hall–Kier alpha value is -2.81. The lowest BCUT2D eigenvalue weighted by atomic mass is 10.2. The molecule has 8 nitrogen and oxygen atoms in total. The van der Waals surface area contributed by atoms with E-state index in [-0.39, 0.29) is 31.4 Å². The first kappa shape index (κ1) is 25.5. The lowest BCUT2D eigenvalue weighted by Gasteiger charge is -2.20. The first-order valence-electron chi connectivity index (χ1n) is 9.90. The summed E-state index contributed by atoms with van der Waals surface area (Å²) in [6, 6.07) is 10.3. The number of nitrogens with one attached hydrogen (secondary N) is 3. The molecule has 0 aromatic heterocycles. The van der Waals surface area contributed by atoms with Gasteiger partial charge in [-0.2, -0.15) is 0 Å². The van der Waals surface area contributed by atoms with Crippen LogP contribution >= 0.6 is 23.2 Å². The van der Waals surface area contributed by atoms with Gasteiger partial charge in [0.15, 0.2) is 0 Å². The molecule has 2 aromatic rings. The van der Waals surface area contributed by atoms with E-state index in [9.17, 15) is 14.4 Å². The van der Waals surface area contributed by atoms with Crippen LogP contribution in [0.15, 0.2) is 36.4 Å². The number of aryl methyl sites for hydroxylation is 1. The minimum absolute atomic E-state index is 0.0435. The van der Waals surface area contributed by atoms with E-state index in [4.69, 9.17) is 27.9 Å². The van der Waals surface area contributed by atoms with Gasteiger partial charge >= 0.3 is 0 Å². The fourth-order valence-corrected chi connectivity index (χ4v) is 3.32. The Labute approximate surface area is 197 Å². The molecule has 32 heavy (non-hydrogen) atoms. The molecule has 0 bridgehead atoms.